The molecule has 1 aromatic carbocycles. The van der Waals surface area contributed by atoms with Crippen LogP contribution >= 0.6 is 11.8 Å². The Morgan fingerprint density at radius 1 is 1.27 bits per heavy atom. The number of aromatic nitrogens is 3. The van der Waals surface area contributed by atoms with Crippen molar-refractivity contribution in [2.24, 2.45) is 0 Å². The Bertz CT molecular complexity index is 802. The Hall–Kier alpha value is -1.62. The number of sulfonamides is 1. The van der Waals surface area contributed by atoms with Crippen LogP contribution in [-0.2, 0) is 21.2 Å². The Kier molecular flexibility index (Phi) is 6.52. The summed E-state index contributed by atoms with van der Waals surface area (Å²) in [6.45, 7) is 4.14. The van der Waals surface area contributed by atoms with Crippen molar-refractivity contribution >= 4 is 21.8 Å². The minimum Gasteiger partial charge on any atom is -0.493 e. The third-order valence-electron chi connectivity index (χ3n) is 3.86. The normalized spacial score (nSPS) is 15.9. The van der Waals surface area contributed by atoms with Crippen molar-refractivity contribution in [2.45, 2.75) is 23.4 Å². The average molecular weight is 399 g/mol. The molecule has 0 amide bonds. The molecule has 1 aliphatic heterocycles. The number of nitrogens with one attached hydrogen (secondary N) is 1. The van der Waals surface area contributed by atoms with Gasteiger partial charge in [-0.2, -0.15) is 4.31 Å². The van der Waals surface area contributed by atoms with E-state index in [0.717, 1.165) is 12.2 Å². The Balaban J connectivity index is 1.49. The monoisotopic (exact) mass is 398 g/mol. The summed E-state index contributed by atoms with van der Waals surface area (Å²) in [5.74, 6) is 2.20. The van der Waals surface area contributed by atoms with Crippen LogP contribution in [0.25, 0.3) is 0 Å². The summed E-state index contributed by atoms with van der Waals surface area (Å²) in [5, 5.41) is 7.68. The quantitative estimate of drug-likeness (QED) is 0.532. The van der Waals surface area contributed by atoms with Crippen molar-refractivity contribution in [3.8, 4) is 5.75 Å². The molecule has 3 rings (SSSR count). The molecule has 10 heteroatoms. The molecule has 0 atom stereocenters. The Morgan fingerprint density at radius 2 is 2.00 bits per heavy atom. The zero-order chi connectivity index (χ0) is 18.4. The molecule has 0 spiro atoms. The highest BCUT2D eigenvalue weighted by Crippen LogP contribution is 2.21. The van der Waals surface area contributed by atoms with E-state index < -0.39 is 10.0 Å². The van der Waals surface area contributed by atoms with Gasteiger partial charge in [-0.25, -0.2) is 13.4 Å². The summed E-state index contributed by atoms with van der Waals surface area (Å²) >= 11 is 1.51. The summed E-state index contributed by atoms with van der Waals surface area (Å²) in [6, 6.07) is 6.52. The molecule has 1 aliphatic rings. The van der Waals surface area contributed by atoms with Crippen LogP contribution < -0.4 is 4.74 Å². The number of thioether (sulfide) groups is 1. The Morgan fingerprint density at radius 3 is 2.65 bits per heavy atom. The summed E-state index contributed by atoms with van der Waals surface area (Å²) < 4.78 is 37.4. The van der Waals surface area contributed by atoms with Crippen molar-refractivity contribution < 1.29 is 17.9 Å². The van der Waals surface area contributed by atoms with Crippen LogP contribution in [0.15, 0.2) is 34.3 Å². The molecule has 2 aromatic rings. The molecule has 1 fully saturated rings. The molecule has 0 aliphatic carbocycles. The second-order valence-corrected chi connectivity index (χ2v) is 8.60. The number of hydrogen-bond donors (Lipinski definition) is 1. The van der Waals surface area contributed by atoms with E-state index in [1.165, 1.54) is 16.1 Å². The second-order valence-electron chi connectivity index (χ2n) is 5.60. The molecular weight excluding hydrogens is 376 g/mol. The highest BCUT2D eigenvalue weighted by atomic mass is 32.2. The van der Waals surface area contributed by atoms with Crippen LogP contribution in [0.4, 0.5) is 0 Å². The molecule has 1 aromatic heterocycles. The number of hydrogen-bond acceptors (Lipinski definition) is 7. The van der Waals surface area contributed by atoms with Crippen molar-refractivity contribution in [3.05, 3.63) is 30.1 Å². The maximum Gasteiger partial charge on any atom is 0.243 e. The lowest BCUT2D eigenvalue weighted by atomic mass is 10.3. The lowest BCUT2D eigenvalue weighted by Crippen LogP contribution is -2.40. The first kappa shape index (κ1) is 19.2. The van der Waals surface area contributed by atoms with Gasteiger partial charge in [-0.15, -0.1) is 5.10 Å². The number of aryl methyl sites for hydroxylation is 1. The van der Waals surface area contributed by atoms with Gasteiger partial charge in [-0.1, -0.05) is 18.7 Å². The summed E-state index contributed by atoms with van der Waals surface area (Å²) in [5.41, 5.74) is 0. The minimum atomic E-state index is -3.47. The number of rotatable bonds is 8. The molecule has 0 radical (unpaired) electrons. The van der Waals surface area contributed by atoms with Crippen LogP contribution in [0.5, 0.6) is 5.75 Å². The average Bonchev–Trinajstić information content (AvgIpc) is 3.14. The highest BCUT2D eigenvalue weighted by molar-refractivity contribution is 7.99. The summed E-state index contributed by atoms with van der Waals surface area (Å²) in [7, 11) is -3.47. The first-order chi connectivity index (χ1) is 12.6. The predicted octanol–water partition coefficient (Wildman–Crippen LogP) is 1.56. The number of morpholine rings is 1. The minimum absolute atomic E-state index is 0.272. The predicted molar refractivity (Wildman–Crippen MR) is 98.0 cm³/mol. The van der Waals surface area contributed by atoms with E-state index in [9.17, 15) is 8.42 Å². The SMILES string of the molecule is CCc1nc(SCCOc2ccc(S(=O)(=O)N3CCOCC3)cc2)n[nH]1. The lowest BCUT2D eigenvalue weighted by molar-refractivity contribution is 0.0730. The maximum atomic E-state index is 12.6. The number of aromatic amines is 1. The highest BCUT2D eigenvalue weighted by Gasteiger charge is 2.26. The van der Waals surface area contributed by atoms with E-state index in [2.05, 4.69) is 15.2 Å². The van der Waals surface area contributed by atoms with Crippen LogP contribution in [0.1, 0.15) is 12.7 Å². The second kappa shape index (κ2) is 8.85. The molecule has 8 nitrogen and oxygen atoms in total. The zero-order valence-electron chi connectivity index (χ0n) is 14.6. The third kappa shape index (κ3) is 4.76. The smallest absolute Gasteiger partial charge is 0.243 e. The van der Waals surface area contributed by atoms with Crippen LogP contribution in [0.3, 0.4) is 0 Å². The maximum absolute atomic E-state index is 12.6. The van der Waals surface area contributed by atoms with Gasteiger partial charge in [-0.05, 0) is 24.3 Å². The summed E-state index contributed by atoms with van der Waals surface area (Å²) in [4.78, 5) is 4.59. The molecule has 1 N–H and O–H groups in total. The van der Waals surface area contributed by atoms with Gasteiger partial charge in [0, 0.05) is 25.3 Å². The van der Waals surface area contributed by atoms with E-state index in [4.69, 9.17) is 9.47 Å². The van der Waals surface area contributed by atoms with E-state index in [1.807, 2.05) is 6.92 Å². The van der Waals surface area contributed by atoms with E-state index in [-0.39, 0.29) is 4.90 Å². The lowest BCUT2D eigenvalue weighted by Gasteiger charge is -2.26. The van der Waals surface area contributed by atoms with E-state index in [1.54, 1.807) is 24.3 Å². The van der Waals surface area contributed by atoms with Gasteiger partial charge in [0.25, 0.3) is 0 Å². The van der Waals surface area contributed by atoms with Gasteiger partial charge in [-0.3, -0.25) is 5.10 Å². The fourth-order valence-electron chi connectivity index (χ4n) is 2.44. The molecule has 0 unspecified atom stereocenters. The molecule has 0 saturated carbocycles. The summed E-state index contributed by atoms with van der Waals surface area (Å²) in [6.07, 6.45) is 0.823. The van der Waals surface area contributed by atoms with E-state index in [0.29, 0.717) is 49.6 Å². The number of benzene rings is 1. The van der Waals surface area contributed by atoms with Crippen molar-refractivity contribution in [1.29, 1.82) is 0 Å². The topological polar surface area (TPSA) is 97.4 Å². The molecule has 2 heterocycles. The third-order valence-corrected chi connectivity index (χ3v) is 6.59. The first-order valence-corrected chi connectivity index (χ1v) is 10.9. The Labute approximate surface area is 157 Å². The van der Waals surface area contributed by atoms with Gasteiger partial charge in [0.2, 0.25) is 15.2 Å². The van der Waals surface area contributed by atoms with Crippen LogP contribution in [-0.4, -0.2) is 66.6 Å². The zero-order valence-corrected chi connectivity index (χ0v) is 16.2. The largest absolute Gasteiger partial charge is 0.493 e. The van der Waals surface area contributed by atoms with Crippen molar-refractivity contribution in [2.75, 3.05) is 38.7 Å². The number of H-pyrrole nitrogens is 1. The fourth-order valence-corrected chi connectivity index (χ4v) is 4.48. The van der Waals surface area contributed by atoms with Gasteiger partial charge < -0.3 is 9.47 Å². The first-order valence-electron chi connectivity index (χ1n) is 8.44. The van der Waals surface area contributed by atoms with Crippen molar-refractivity contribution in [1.82, 2.24) is 19.5 Å². The van der Waals surface area contributed by atoms with Gasteiger partial charge in [0.05, 0.1) is 24.7 Å². The standard InChI is InChI=1S/C16H22N4O4S2/c1-2-15-17-16(19-18-15)25-12-11-24-13-3-5-14(6-4-13)26(21,22)20-7-9-23-10-8-20/h3-6H,2,7-12H2,1H3,(H,17,18,19). The molecule has 26 heavy (non-hydrogen) atoms. The van der Waals surface area contributed by atoms with Gasteiger partial charge >= 0.3 is 0 Å². The van der Waals surface area contributed by atoms with Crippen LogP contribution in [0.2, 0.25) is 0 Å². The number of nitrogens with zero attached hydrogens (tertiary/aromatic N) is 3. The van der Waals surface area contributed by atoms with Gasteiger partial charge in [0.15, 0.2) is 0 Å². The van der Waals surface area contributed by atoms with Crippen molar-refractivity contribution in [3.63, 3.8) is 0 Å². The van der Waals surface area contributed by atoms with Gasteiger partial charge in [0.1, 0.15) is 11.6 Å². The fraction of sp³-hybridized carbons (Fsp3) is 0.500. The van der Waals surface area contributed by atoms with E-state index >= 15 is 0 Å². The molecule has 0 bridgehead atoms. The number of ether oxygens (including phenoxy) is 2. The molecule has 1 saturated heterocycles. The molecular formula is C16H22N4O4S2. The molecule has 142 valence electrons. The van der Waals surface area contributed by atoms with Crippen LogP contribution in [0, 0.1) is 0 Å².